The van der Waals surface area contributed by atoms with E-state index in [0.717, 1.165) is 35.8 Å². The molecule has 0 aliphatic heterocycles. The lowest BCUT2D eigenvalue weighted by Gasteiger charge is -2.35. The van der Waals surface area contributed by atoms with Gasteiger partial charge in [0.15, 0.2) is 22.1 Å². The van der Waals surface area contributed by atoms with Crippen molar-refractivity contribution in [3.05, 3.63) is 92.6 Å². The van der Waals surface area contributed by atoms with E-state index in [1.54, 1.807) is 43.1 Å². The van der Waals surface area contributed by atoms with Crippen LogP contribution in [0.1, 0.15) is 48.0 Å². The zero-order chi connectivity index (χ0) is 26.0. The van der Waals surface area contributed by atoms with Gasteiger partial charge in [-0.3, -0.25) is 18.7 Å². The maximum atomic E-state index is 13.8. The Morgan fingerprint density at radius 2 is 1.62 bits per heavy atom. The van der Waals surface area contributed by atoms with Crippen molar-refractivity contribution < 1.29 is 4.79 Å². The summed E-state index contributed by atoms with van der Waals surface area (Å²) >= 11 is 1.62. The van der Waals surface area contributed by atoms with E-state index in [2.05, 4.69) is 0 Å². The highest BCUT2D eigenvalue weighted by atomic mass is 32.2. The number of aryl methyl sites for hydroxylation is 1. The number of nitrogens with zero attached hydrogens (tertiary/aromatic N) is 4. The summed E-state index contributed by atoms with van der Waals surface area (Å²) in [5, 5.41) is 0.672. The number of carbonyl (C=O) groups excluding carboxylic acids is 1. The van der Waals surface area contributed by atoms with Crippen LogP contribution in [0.4, 0.5) is 0 Å². The maximum absolute atomic E-state index is 13.8. The molecule has 192 valence electrons. The molecular formula is C28H31N5O3S. The van der Waals surface area contributed by atoms with Gasteiger partial charge in [0.25, 0.3) is 5.56 Å². The first-order valence-electron chi connectivity index (χ1n) is 12.6. The quantitative estimate of drug-likeness (QED) is 0.358. The molecule has 1 fully saturated rings. The van der Waals surface area contributed by atoms with Crippen LogP contribution in [0.15, 0.2) is 75.4 Å². The molecule has 2 N–H and O–H groups in total. The van der Waals surface area contributed by atoms with Gasteiger partial charge in [-0.15, -0.1) is 0 Å². The summed E-state index contributed by atoms with van der Waals surface area (Å²) in [5.41, 5.74) is 7.31. The summed E-state index contributed by atoms with van der Waals surface area (Å²) in [4.78, 5) is 44.9. The fraction of sp³-hybridized carbons (Fsp3) is 0.357. The molecule has 1 aliphatic carbocycles. The molecule has 0 saturated heterocycles. The summed E-state index contributed by atoms with van der Waals surface area (Å²) in [5.74, 6) is -0.299. The Hall–Kier alpha value is -3.43. The van der Waals surface area contributed by atoms with Crippen molar-refractivity contribution >= 4 is 28.7 Å². The van der Waals surface area contributed by atoms with Crippen molar-refractivity contribution in [2.24, 2.45) is 12.8 Å². The number of thioether (sulfide) groups is 1. The molecule has 4 aromatic rings. The van der Waals surface area contributed by atoms with Gasteiger partial charge < -0.3 is 10.3 Å². The first-order valence-corrected chi connectivity index (χ1v) is 13.5. The van der Waals surface area contributed by atoms with E-state index in [0.29, 0.717) is 35.0 Å². The molecule has 2 aromatic heterocycles. The predicted molar refractivity (Wildman–Crippen MR) is 146 cm³/mol. The average Bonchev–Trinajstić information content (AvgIpc) is 3.28. The highest BCUT2D eigenvalue weighted by molar-refractivity contribution is 8.00. The summed E-state index contributed by atoms with van der Waals surface area (Å²) in [7, 11) is 1.60. The third kappa shape index (κ3) is 4.93. The van der Waals surface area contributed by atoms with Gasteiger partial charge in [0.2, 0.25) is 0 Å². The van der Waals surface area contributed by atoms with Crippen LogP contribution >= 0.6 is 11.8 Å². The lowest BCUT2D eigenvalue weighted by Crippen LogP contribution is -2.41. The molecule has 8 nitrogen and oxygen atoms in total. The van der Waals surface area contributed by atoms with Crippen molar-refractivity contribution in [2.45, 2.75) is 55.1 Å². The highest BCUT2D eigenvalue weighted by Gasteiger charge is 2.34. The summed E-state index contributed by atoms with van der Waals surface area (Å²) < 4.78 is 4.13. The Balaban J connectivity index is 1.67. The molecule has 0 atom stereocenters. The number of rotatable bonds is 8. The number of aromatic nitrogens is 4. The topological polar surface area (TPSA) is 105 Å². The van der Waals surface area contributed by atoms with Crippen LogP contribution in [0, 0.1) is 0 Å². The molecule has 9 heteroatoms. The third-order valence-electron chi connectivity index (χ3n) is 7.22. The zero-order valence-electron chi connectivity index (χ0n) is 20.9. The first kappa shape index (κ1) is 25.2. The van der Waals surface area contributed by atoms with Gasteiger partial charge in [0.05, 0.1) is 13.1 Å². The zero-order valence-corrected chi connectivity index (χ0v) is 21.7. The molecule has 1 saturated carbocycles. The van der Waals surface area contributed by atoms with Gasteiger partial charge in [-0.1, -0.05) is 91.7 Å². The molecule has 37 heavy (non-hydrogen) atoms. The number of fused-ring (bicyclic) bond motifs is 1. The Kier molecular flexibility index (Phi) is 7.17. The van der Waals surface area contributed by atoms with Crippen LogP contribution in [-0.2, 0) is 20.1 Å². The van der Waals surface area contributed by atoms with Crippen LogP contribution in [0.5, 0.6) is 0 Å². The van der Waals surface area contributed by atoms with E-state index in [4.69, 9.17) is 10.7 Å². The monoisotopic (exact) mass is 517 g/mol. The molecule has 0 spiro atoms. The number of carbonyl (C=O) groups is 1. The maximum Gasteiger partial charge on any atom is 0.332 e. The second-order valence-corrected chi connectivity index (χ2v) is 11.1. The Morgan fingerprint density at radius 1 is 0.973 bits per heavy atom. The largest absolute Gasteiger partial charge is 0.332 e. The molecule has 5 rings (SSSR count). The van der Waals surface area contributed by atoms with Crippen molar-refractivity contribution in [3.8, 4) is 0 Å². The van der Waals surface area contributed by atoms with Crippen LogP contribution < -0.4 is 17.0 Å². The molecular weight excluding hydrogens is 486 g/mol. The van der Waals surface area contributed by atoms with E-state index in [9.17, 15) is 14.4 Å². The van der Waals surface area contributed by atoms with Gasteiger partial charge in [-0.25, -0.2) is 9.78 Å². The second-order valence-electron chi connectivity index (χ2n) is 9.71. The molecule has 2 heterocycles. The molecule has 0 radical (unpaired) electrons. The minimum Gasteiger partial charge on any atom is -0.329 e. The van der Waals surface area contributed by atoms with Gasteiger partial charge in [-0.05, 0) is 18.4 Å². The van der Waals surface area contributed by atoms with Crippen molar-refractivity contribution in [2.75, 3.05) is 6.54 Å². The number of hydrogen-bond acceptors (Lipinski definition) is 6. The Labute approximate surface area is 219 Å². The van der Waals surface area contributed by atoms with E-state index >= 15 is 0 Å². The minimum atomic E-state index is -0.561. The molecule has 0 unspecified atom stereocenters. The second kappa shape index (κ2) is 10.5. The van der Waals surface area contributed by atoms with Gasteiger partial charge in [-0.2, -0.15) is 0 Å². The lowest BCUT2D eigenvalue weighted by atomic mass is 9.88. The number of ketones is 1. The molecule has 1 aliphatic rings. The number of nitrogens with two attached hydrogens (primary N) is 1. The fourth-order valence-electron chi connectivity index (χ4n) is 5.08. The number of hydrogen-bond donors (Lipinski definition) is 1. The number of benzene rings is 2. The molecule has 0 amide bonds. The Bertz CT molecular complexity index is 1530. The van der Waals surface area contributed by atoms with Crippen molar-refractivity contribution in [1.82, 2.24) is 18.7 Å². The predicted octanol–water partition coefficient (Wildman–Crippen LogP) is 3.58. The van der Waals surface area contributed by atoms with Gasteiger partial charge in [0.1, 0.15) is 0 Å². The van der Waals surface area contributed by atoms with Crippen LogP contribution in [0.2, 0.25) is 0 Å². The summed E-state index contributed by atoms with van der Waals surface area (Å²) in [6, 6.07) is 18.5. The normalized spacial score (nSPS) is 15.2. The standard InChI is InChI=1S/C28H31N5O3S/c1-31-24-23(25(35)33(27(31)36)18-22(34)21-13-7-3-8-14-21)32(17-20-11-5-2-6-12-20)26(30-24)37-28(19-29)15-9-4-10-16-28/h2-3,5-8,11-14H,4,9-10,15-19,29H2,1H3. The van der Waals surface area contributed by atoms with Gasteiger partial charge >= 0.3 is 5.69 Å². The first-order chi connectivity index (χ1) is 17.9. The van der Waals surface area contributed by atoms with E-state index in [1.807, 2.05) is 41.0 Å². The number of Topliss-reactive ketones (excluding diaryl/α,β-unsaturated/α-hetero) is 1. The van der Waals surface area contributed by atoms with Crippen LogP contribution in [0.25, 0.3) is 11.2 Å². The Morgan fingerprint density at radius 3 is 2.27 bits per heavy atom. The van der Waals surface area contributed by atoms with Gasteiger partial charge in [0, 0.05) is 23.9 Å². The van der Waals surface area contributed by atoms with E-state index in [-0.39, 0.29) is 17.1 Å². The highest BCUT2D eigenvalue weighted by Crippen LogP contribution is 2.43. The smallest absolute Gasteiger partial charge is 0.329 e. The minimum absolute atomic E-state index is 0.158. The lowest BCUT2D eigenvalue weighted by molar-refractivity contribution is 0.0969. The van der Waals surface area contributed by atoms with Crippen molar-refractivity contribution in [3.63, 3.8) is 0 Å². The van der Waals surface area contributed by atoms with E-state index < -0.39 is 11.2 Å². The fourth-order valence-corrected chi connectivity index (χ4v) is 6.44. The van der Waals surface area contributed by atoms with Crippen LogP contribution in [0.3, 0.4) is 0 Å². The van der Waals surface area contributed by atoms with E-state index in [1.165, 1.54) is 11.0 Å². The van der Waals surface area contributed by atoms with Crippen molar-refractivity contribution in [1.29, 1.82) is 0 Å². The SMILES string of the molecule is Cn1c(=O)n(CC(=O)c2ccccc2)c(=O)c2c1nc(SC1(CN)CCCCC1)n2Cc1ccccc1. The van der Waals surface area contributed by atoms with Crippen LogP contribution in [-0.4, -0.2) is 35.8 Å². The average molecular weight is 518 g/mol. The molecule has 0 bridgehead atoms. The third-order valence-corrected chi connectivity index (χ3v) is 8.73. The summed E-state index contributed by atoms with van der Waals surface area (Å²) in [6.07, 6.45) is 5.37. The summed E-state index contributed by atoms with van der Waals surface area (Å²) in [6.45, 7) is 0.596. The number of imidazole rings is 1. The molecule has 2 aromatic carbocycles.